The number of rotatable bonds is 8. The van der Waals surface area contributed by atoms with E-state index >= 15 is 0 Å². The van der Waals surface area contributed by atoms with Gasteiger partial charge in [0.25, 0.3) is 0 Å². The molecule has 0 bridgehead atoms. The van der Waals surface area contributed by atoms with Crippen LogP contribution < -0.4 is 0 Å². The fourth-order valence-electron chi connectivity index (χ4n) is 2.40. The third kappa shape index (κ3) is 2.79. The Hall–Kier alpha value is -0.640. The van der Waals surface area contributed by atoms with E-state index in [-0.39, 0.29) is 10.8 Å². The van der Waals surface area contributed by atoms with Crippen LogP contribution in [0.25, 0.3) is 0 Å². The zero-order chi connectivity index (χ0) is 12.2. The van der Waals surface area contributed by atoms with Crippen LogP contribution in [0.2, 0.25) is 0 Å². The van der Waals surface area contributed by atoms with Crippen LogP contribution >= 0.6 is 0 Å². The second-order valence-corrected chi connectivity index (χ2v) is 5.46. The van der Waals surface area contributed by atoms with Gasteiger partial charge in [0, 0.05) is 10.8 Å². The molecule has 2 aliphatic heterocycles. The number of allylic oxidation sites excluding steroid dienone is 2. The lowest BCUT2D eigenvalue weighted by atomic mass is 9.82. The molecular formula is C14H22O3. The van der Waals surface area contributed by atoms with Gasteiger partial charge in [-0.2, -0.15) is 0 Å². The van der Waals surface area contributed by atoms with Gasteiger partial charge in [-0.25, -0.2) is 0 Å². The molecule has 0 unspecified atom stereocenters. The Morgan fingerprint density at radius 3 is 1.53 bits per heavy atom. The van der Waals surface area contributed by atoms with E-state index in [9.17, 15) is 0 Å². The molecule has 0 amide bonds. The zero-order valence-electron chi connectivity index (χ0n) is 10.5. The zero-order valence-corrected chi connectivity index (χ0v) is 10.5. The molecule has 2 heterocycles. The summed E-state index contributed by atoms with van der Waals surface area (Å²) in [6.45, 7) is 12.3. The van der Waals surface area contributed by atoms with Gasteiger partial charge in [0.2, 0.25) is 0 Å². The predicted octanol–water partition coefficient (Wildman–Crippen LogP) is 2.19. The van der Waals surface area contributed by atoms with Crippen LogP contribution in [-0.2, 0) is 14.2 Å². The molecule has 2 fully saturated rings. The van der Waals surface area contributed by atoms with Crippen molar-refractivity contribution in [2.24, 2.45) is 10.8 Å². The first kappa shape index (κ1) is 12.8. The first-order valence-corrected chi connectivity index (χ1v) is 6.19. The molecule has 0 aromatic rings. The second-order valence-electron chi connectivity index (χ2n) is 5.46. The van der Waals surface area contributed by atoms with Crippen LogP contribution in [0.1, 0.15) is 12.8 Å². The van der Waals surface area contributed by atoms with E-state index in [1.165, 1.54) is 0 Å². The van der Waals surface area contributed by atoms with E-state index in [1.54, 1.807) is 0 Å². The largest absolute Gasteiger partial charge is 0.380 e. The predicted molar refractivity (Wildman–Crippen MR) is 67.0 cm³/mol. The molecule has 96 valence electrons. The van der Waals surface area contributed by atoms with Crippen molar-refractivity contribution in [2.75, 3.05) is 39.6 Å². The van der Waals surface area contributed by atoms with Crippen LogP contribution in [0.3, 0.4) is 0 Å². The lowest BCUT2D eigenvalue weighted by Gasteiger charge is -2.44. The molecule has 0 saturated carbocycles. The topological polar surface area (TPSA) is 27.7 Å². The van der Waals surface area contributed by atoms with Crippen molar-refractivity contribution in [3.05, 3.63) is 25.3 Å². The average Bonchev–Trinajstić information content (AvgIpc) is 2.22. The standard InChI is InChI=1S/C14H22O3/c1-3-5-13(7-15-8-13)11-17-12-14(6-4-2)9-16-10-14/h3-4H,1-2,5-12H2. The summed E-state index contributed by atoms with van der Waals surface area (Å²) in [5, 5.41) is 0. The molecule has 0 aromatic carbocycles. The molecular weight excluding hydrogens is 216 g/mol. The minimum Gasteiger partial charge on any atom is -0.380 e. The van der Waals surface area contributed by atoms with E-state index < -0.39 is 0 Å². The number of hydrogen-bond acceptors (Lipinski definition) is 3. The van der Waals surface area contributed by atoms with Crippen molar-refractivity contribution in [2.45, 2.75) is 12.8 Å². The SMILES string of the molecule is C=CCC1(COCC2(CC=C)COC2)COC1. The highest BCUT2D eigenvalue weighted by Crippen LogP contribution is 2.35. The molecule has 0 atom stereocenters. The average molecular weight is 238 g/mol. The highest BCUT2D eigenvalue weighted by atomic mass is 16.5. The Morgan fingerprint density at radius 1 is 0.882 bits per heavy atom. The molecule has 0 spiro atoms. The Balaban J connectivity index is 1.74. The normalized spacial score (nSPS) is 24.5. The van der Waals surface area contributed by atoms with E-state index in [1.807, 2.05) is 12.2 Å². The fraction of sp³-hybridized carbons (Fsp3) is 0.714. The van der Waals surface area contributed by atoms with E-state index in [4.69, 9.17) is 14.2 Å². The summed E-state index contributed by atoms with van der Waals surface area (Å²) in [4.78, 5) is 0. The Kier molecular flexibility index (Phi) is 4.02. The first-order valence-electron chi connectivity index (χ1n) is 6.19. The minimum absolute atomic E-state index is 0.182. The fourth-order valence-corrected chi connectivity index (χ4v) is 2.40. The van der Waals surface area contributed by atoms with Gasteiger partial charge < -0.3 is 14.2 Å². The summed E-state index contributed by atoms with van der Waals surface area (Å²) in [6.07, 6.45) is 5.85. The Labute approximate surface area is 103 Å². The number of hydrogen-bond donors (Lipinski definition) is 0. The van der Waals surface area contributed by atoms with Crippen molar-refractivity contribution in [3.63, 3.8) is 0 Å². The summed E-state index contributed by atoms with van der Waals surface area (Å²) in [5.74, 6) is 0. The monoisotopic (exact) mass is 238 g/mol. The molecule has 0 aromatic heterocycles. The van der Waals surface area contributed by atoms with Gasteiger partial charge in [-0.05, 0) is 12.8 Å². The van der Waals surface area contributed by atoms with Gasteiger partial charge >= 0.3 is 0 Å². The summed E-state index contributed by atoms with van der Waals surface area (Å²) in [7, 11) is 0. The van der Waals surface area contributed by atoms with Crippen LogP contribution in [-0.4, -0.2) is 39.6 Å². The third-order valence-corrected chi connectivity index (χ3v) is 3.60. The number of ether oxygens (including phenoxy) is 3. The van der Waals surface area contributed by atoms with Crippen LogP contribution in [0.4, 0.5) is 0 Å². The Morgan fingerprint density at radius 2 is 1.29 bits per heavy atom. The van der Waals surface area contributed by atoms with Crippen LogP contribution in [0.15, 0.2) is 25.3 Å². The van der Waals surface area contributed by atoms with Gasteiger partial charge in [0.15, 0.2) is 0 Å². The van der Waals surface area contributed by atoms with Crippen molar-refractivity contribution >= 4 is 0 Å². The molecule has 3 heteroatoms. The summed E-state index contributed by atoms with van der Waals surface area (Å²) in [5.41, 5.74) is 0.365. The molecule has 2 saturated heterocycles. The molecule has 17 heavy (non-hydrogen) atoms. The van der Waals surface area contributed by atoms with E-state index in [0.29, 0.717) is 0 Å². The highest BCUT2D eigenvalue weighted by molar-refractivity contribution is 4.94. The molecule has 3 nitrogen and oxygen atoms in total. The lowest BCUT2D eigenvalue weighted by molar-refractivity contribution is -0.183. The van der Waals surface area contributed by atoms with E-state index in [0.717, 1.165) is 52.5 Å². The molecule has 0 radical (unpaired) electrons. The summed E-state index contributed by atoms with van der Waals surface area (Å²) < 4.78 is 16.5. The van der Waals surface area contributed by atoms with Gasteiger partial charge in [-0.3, -0.25) is 0 Å². The summed E-state index contributed by atoms with van der Waals surface area (Å²) in [6, 6.07) is 0. The van der Waals surface area contributed by atoms with Crippen molar-refractivity contribution in [1.29, 1.82) is 0 Å². The second kappa shape index (κ2) is 5.34. The maximum Gasteiger partial charge on any atom is 0.0570 e. The quantitative estimate of drug-likeness (QED) is 0.607. The van der Waals surface area contributed by atoms with Gasteiger partial charge in [0.05, 0.1) is 39.6 Å². The first-order chi connectivity index (χ1) is 8.24. The molecule has 2 aliphatic rings. The summed E-state index contributed by atoms with van der Waals surface area (Å²) >= 11 is 0. The van der Waals surface area contributed by atoms with Gasteiger partial charge in [0.1, 0.15) is 0 Å². The smallest absolute Gasteiger partial charge is 0.0570 e. The van der Waals surface area contributed by atoms with Crippen molar-refractivity contribution in [1.82, 2.24) is 0 Å². The molecule has 0 aliphatic carbocycles. The maximum absolute atomic E-state index is 5.90. The molecule has 2 rings (SSSR count). The van der Waals surface area contributed by atoms with Crippen LogP contribution in [0.5, 0.6) is 0 Å². The Bertz CT molecular complexity index is 249. The van der Waals surface area contributed by atoms with E-state index in [2.05, 4.69) is 13.2 Å². The highest BCUT2D eigenvalue weighted by Gasteiger charge is 2.41. The minimum atomic E-state index is 0.182. The third-order valence-electron chi connectivity index (χ3n) is 3.60. The molecule has 0 N–H and O–H groups in total. The van der Waals surface area contributed by atoms with Gasteiger partial charge in [-0.1, -0.05) is 12.2 Å². The van der Waals surface area contributed by atoms with Crippen molar-refractivity contribution < 1.29 is 14.2 Å². The van der Waals surface area contributed by atoms with Gasteiger partial charge in [-0.15, -0.1) is 13.2 Å². The van der Waals surface area contributed by atoms with Crippen LogP contribution in [0, 0.1) is 10.8 Å². The van der Waals surface area contributed by atoms with Crippen molar-refractivity contribution in [3.8, 4) is 0 Å². The lowest BCUT2D eigenvalue weighted by Crippen LogP contribution is -2.49. The maximum atomic E-state index is 5.90.